The molecule has 0 unspecified atom stereocenters. The van der Waals surface area contributed by atoms with Crippen LogP contribution in [0.4, 0.5) is 0 Å². The second kappa shape index (κ2) is 6.60. The number of nitrogens with one attached hydrogen (secondary N) is 2. The molecule has 0 amide bonds. The smallest absolute Gasteiger partial charge is 0.272 e. The van der Waals surface area contributed by atoms with E-state index in [-0.39, 0.29) is 16.5 Å². The van der Waals surface area contributed by atoms with Gasteiger partial charge < -0.3 is 9.97 Å². The summed E-state index contributed by atoms with van der Waals surface area (Å²) in [4.78, 5) is 29.8. The van der Waals surface area contributed by atoms with E-state index in [1.165, 1.54) is 19.3 Å². The molecule has 3 rings (SSSR count). The van der Waals surface area contributed by atoms with Crippen molar-refractivity contribution in [2.75, 3.05) is 0 Å². The minimum absolute atomic E-state index is 0.229. The van der Waals surface area contributed by atoms with Crippen LogP contribution in [0.25, 0.3) is 12.2 Å². The van der Waals surface area contributed by atoms with Crippen molar-refractivity contribution in [2.45, 2.75) is 32.1 Å². The van der Waals surface area contributed by atoms with Gasteiger partial charge in [-0.15, -0.1) is 0 Å². The number of hydrogen-bond acceptors (Lipinski definition) is 2. The molecule has 0 bridgehead atoms. The molecular formula is C18H20N2O2. The number of hydrogen-bond donors (Lipinski definition) is 2. The summed E-state index contributed by atoms with van der Waals surface area (Å²) in [7, 11) is 0. The molecule has 0 spiro atoms. The molecule has 0 aliphatic heterocycles. The Hall–Kier alpha value is -2.36. The van der Waals surface area contributed by atoms with Crippen LogP contribution >= 0.6 is 0 Å². The fraction of sp³-hybridized carbons (Fsp3) is 0.333. The van der Waals surface area contributed by atoms with Crippen LogP contribution in [0.15, 0.2) is 39.9 Å². The van der Waals surface area contributed by atoms with E-state index in [1.807, 2.05) is 36.4 Å². The lowest BCUT2D eigenvalue weighted by atomic mass is 9.89. The standard InChI is InChI=1S/C18H20N2O2/c21-17-15(11-13-7-3-1-4-8-13)19-18(22)16(20-17)12-14-9-5-2-6-10-14/h1,3-4,7-8,11-12,14H,2,5-6,9-10H2,(H,19,22)(H,20,21). The minimum Gasteiger partial charge on any atom is -0.316 e. The average Bonchev–Trinajstić information content (AvgIpc) is 2.54. The molecule has 0 radical (unpaired) electrons. The second-order valence-electron chi connectivity index (χ2n) is 5.86. The topological polar surface area (TPSA) is 65.7 Å². The molecule has 4 nitrogen and oxygen atoms in total. The third-order valence-electron chi connectivity index (χ3n) is 4.15. The molecule has 1 saturated carbocycles. The zero-order valence-corrected chi connectivity index (χ0v) is 12.5. The Bertz CT molecular complexity index is 856. The lowest BCUT2D eigenvalue weighted by Gasteiger charge is -2.17. The third-order valence-corrected chi connectivity index (χ3v) is 4.15. The molecule has 1 aliphatic rings. The zero-order valence-electron chi connectivity index (χ0n) is 12.5. The molecule has 2 aromatic rings. The highest BCUT2D eigenvalue weighted by Gasteiger charge is 2.10. The lowest BCUT2D eigenvalue weighted by Crippen LogP contribution is -2.47. The summed E-state index contributed by atoms with van der Waals surface area (Å²) >= 11 is 0. The Balaban J connectivity index is 2.02. The van der Waals surface area contributed by atoms with Gasteiger partial charge in [0.15, 0.2) is 0 Å². The quantitative estimate of drug-likeness (QED) is 0.876. The van der Waals surface area contributed by atoms with E-state index < -0.39 is 0 Å². The van der Waals surface area contributed by atoms with Gasteiger partial charge in [-0.25, -0.2) is 0 Å². The van der Waals surface area contributed by atoms with Crippen LogP contribution in [0.1, 0.15) is 37.7 Å². The first-order valence-electron chi connectivity index (χ1n) is 7.83. The first-order valence-corrected chi connectivity index (χ1v) is 7.83. The van der Waals surface area contributed by atoms with Gasteiger partial charge in [0.05, 0.1) is 0 Å². The van der Waals surface area contributed by atoms with E-state index in [9.17, 15) is 9.59 Å². The molecule has 0 atom stereocenters. The number of aromatic nitrogens is 2. The molecule has 114 valence electrons. The summed E-state index contributed by atoms with van der Waals surface area (Å²) in [5.41, 5.74) is 0.394. The van der Waals surface area contributed by atoms with E-state index in [0.29, 0.717) is 11.3 Å². The Morgan fingerprint density at radius 1 is 0.864 bits per heavy atom. The number of benzene rings is 1. The fourth-order valence-corrected chi connectivity index (χ4v) is 2.96. The SMILES string of the molecule is O=c1[nH]c(=CC2CCCCC2)c(=O)[nH]c1=Cc1ccccc1. The Morgan fingerprint density at radius 3 is 2.23 bits per heavy atom. The summed E-state index contributed by atoms with van der Waals surface area (Å²) in [6.07, 6.45) is 9.46. The van der Waals surface area contributed by atoms with Crippen molar-refractivity contribution in [1.82, 2.24) is 9.97 Å². The van der Waals surface area contributed by atoms with E-state index in [2.05, 4.69) is 9.97 Å². The normalized spacial score (nSPS) is 17.8. The first-order chi connectivity index (χ1) is 10.7. The van der Waals surface area contributed by atoms with Gasteiger partial charge in [0.1, 0.15) is 10.7 Å². The Morgan fingerprint density at radius 2 is 1.50 bits per heavy atom. The van der Waals surface area contributed by atoms with Crippen LogP contribution in [0.2, 0.25) is 0 Å². The largest absolute Gasteiger partial charge is 0.316 e. The molecule has 22 heavy (non-hydrogen) atoms. The van der Waals surface area contributed by atoms with Crippen molar-refractivity contribution in [3.05, 3.63) is 67.3 Å². The zero-order chi connectivity index (χ0) is 15.4. The maximum Gasteiger partial charge on any atom is 0.272 e. The van der Waals surface area contributed by atoms with Crippen LogP contribution in [0.3, 0.4) is 0 Å². The monoisotopic (exact) mass is 296 g/mol. The highest BCUT2D eigenvalue weighted by Crippen LogP contribution is 2.24. The summed E-state index contributed by atoms with van der Waals surface area (Å²) in [5, 5.41) is 0.680. The molecule has 1 heterocycles. The van der Waals surface area contributed by atoms with Crippen molar-refractivity contribution in [2.24, 2.45) is 5.92 Å². The van der Waals surface area contributed by atoms with Gasteiger partial charge in [-0.2, -0.15) is 0 Å². The van der Waals surface area contributed by atoms with Gasteiger partial charge in [-0.05, 0) is 30.4 Å². The lowest BCUT2D eigenvalue weighted by molar-refractivity contribution is 0.435. The highest BCUT2D eigenvalue weighted by atomic mass is 16.1. The van der Waals surface area contributed by atoms with Gasteiger partial charge in [0.25, 0.3) is 11.1 Å². The summed E-state index contributed by atoms with van der Waals surface area (Å²) in [5.74, 6) is 0.398. The molecule has 4 heteroatoms. The van der Waals surface area contributed by atoms with Crippen LogP contribution in [-0.2, 0) is 0 Å². The number of H-pyrrole nitrogens is 2. The average molecular weight is 296 g/mol. The van der Waals surface area contributed by atoms with E-state index in [0.717, 1.165) is 18.4 Å². The van der Waals surface area contributed by atoms with E-state index >= 15 is 0 Å². The maximum atomic E-state index is 12.2. The fourth-order valence-electron chi connectivity index (χ4n) is 2.96. The van der Waals surface area contributed by atoms with Crippen LogP contribution < -0.4 is 21.8 Å². The Kier molecular flexibility index (Phi) is 4.37. The van der Waals surface area contributed by atoms with E-state index in [1.54, 1.807) is 6.08 Å². The summed E-state index contributed by atoms with van der Waals surface area (Å²) < 4.78 is 0. The molecule has 1 aromatic heterocycles. The van der Waals surface area contributed by atoms with Gasteiger partial charge in [0, 0.05) is 0 Å². The van der Waals surface area contributed by atoms with Crippen LogP contribution in [-0.4, -0.2) is 9.97 Å². The Labute approximate surface area is 128 Å². The molecular weight excluding hydrogens is 276 g/mol. The molecule has 0 saturated heterocycles. The molecule has 1 aromatic carbocycles. The third kappa shape index (κ3) is 3.45. The molecule has 1 fully saturated rings. The number of aromatic amines is 2. The van der Waals surface area contributed by atoms with Crippen LogP contribution in [0.5, 0.6) is 0 Å². The van der Waals surface area contributed by atoms with E-state index in [4.69, 9.17) is 0 Å². The molecule has 1 aliphatic carbocycles. The van der Waals surface area contributed by atoms with Crippen molar-refractivity contribution >= 4 is 12.2 Å². The first kappa shape index (κ1) is 14.6. The van der Waals surface area contributed by atoms with Crippen molar-refractivity contribution in [3.8, 4) is 0 Å². The highest BCUT2D eigenvalue weighted by molar-refractivity contribution is 5.47. The summed E-state index contributed by atoms with van der Waals surface area (Å²) in [6.45, 7) is 0. The van der Waals surface area contributed by atoms with Gasteiger partial charge in [0.2, 0.25) is 0 Å². The van der Waals surface area contributed by atoms with Crippen molar-refractivity contribution in [1.29, 1.82) is 0 Å². The maximum absolute atomic E-state index is 12.2. The van der Waals surface area contributed by atoms with Crippen molar-refractivity contribution < 1.29 is 0 Å². The van der Waals surface area contributed by atoms with Crippen LogP contribution in [0, 0.1) is 5.92 Å². The minimum atomic E-state index is -0.259. The van der Waals surface area contributed by atoms with Gasteiger partial charge in [-0.1, -0.05) is 55.7 Å². The predicted molar refractivity (Wildman–Crippen MR) is 88.0 cm³/mol. The molecule has 2 N–H and O–H groups in total. The summed E-state index contributed by atoms with van der Waals surface area (Å²) in [6, 6.07) is 9.47. The van der Waals surface area contributed by atoms with Gasteiger partial charge >= 0.3 is 0 Å². The number of rotatable bonds is 2. The predicted octanol–water partition coefficient (Wildman–Crippen LogP) is 1.25. The second-order valence-corrected chi connectivity index (χ2v) is 5.86. The van der Waals surface area contributed by atoms with Crippen molar-refractivity contribution in [3.63, 3.8) is 0 Å². The van der Waals surface area contributed by atoms with Gasteiger partial charge in [-0.3, -0.25) is 9.59 Å².